The zero-order chi connectivity index (χ0) is 19.0. The van der Waals surface area contributed by atoms with Gasteiger partial charge in [-0.3, -0.25) is 4.98 Å². The summed E-state index contributed by atoms with van der Waals surface area (Å²) < 4.78 is 16.3. The summed E-state index contributed by atoms with van der Waals surface area (Å²) in [5, 5.41) is 0.582. The molecule has 3 heterocycles. The fraction of sp³-hybridized carbons (Fsp3) is 0.150. The van der Waals surface area contributed by atoms with Crippen LogP contribution in [0, 0.1) is 0 Å². The van der Waals surface area contributed by atoms with Gasteiger partial charge in [-0.25, -0.2) is 9.59 Å². The second-order valence-corrected chi connectivity index (χ2v) is 5.92. The summed E-state index contributed by atoms with van der Waals surface area (Å²) in [5.74, 6) is -1.37. The first-order valence-corrected chi connectivity index (χ1v) is 8.43. The number of rotatable bonds is 3. The summed E-state index contributed by atoms with van der Waals surface area (Å²) in [6.45, 7) is 1.84. The number of carbonyl (C=O) groups is 1. The molecule has 0 saturated carbocycles. The van der Waals surface area contributed by atoms with E-state index in [0.29, 0.717) is 16.7 Å². The Morgan fingerprint density at radius 1 is 1.22 bits per heavy atom. The predicted octanol–water partition coefficient (Wildman–Crippen LogP) is 2.45. The predicted molar refractivity (Wildman–Crippen MR) is 97.0 cm³/mol. The van der Waals surface area contributed by atoms with Crippen LogP contribution in [0.1, 0.15) is 24.1 Å². The van der Waals surface area contributed by atoms with E-state index in [1.807, 2.05) is 0 Å². The molecular formula is C20H16N2O5. The summed E-state index contributed by atoms with van der Waals surface area (Å²) in [6.07, 6.45) is 1.58. The molecule has 0 radical (unpaired) electrons. The molecule has 0 aliphatic carbocycles. The number of esters is 1. The van der Waals surface area contributed by atoms with Crippen molar-refractivity contribution in [3.05, 3.63) is 81.8 Å². The smallest absolute Gasteiger partial charge is 0.344 e. The quantitative estimate of drug-likeness (QED) is 0.562. The van der Waals surface area contributed by atoms with Crippen molar-refractivity contribution in [1.82, 2.24) is 4.98 Å². The van der Waals surface area contributed by atoms with Crippen molar-refractivity contribution in [3.63, 3.8) is 0 Å². The Kier molecular flexibility index (Phi) is 4.12. The number of hydrogen-bond donors (Lipinski definition) is 1. The van der Waals surface area contributed by atoms with E-state index in [1.54, 1.807) is 55.6 Å². The molecule has 1 atom stereocenters. The van der Waals surface area contributed by atoms with Crippen LogP contribution in [-0.4, -0.2) is 17.6 Å². The van der Waals surface area contributed by atoms with Crippen molar-refractivity contribution >= 4 is 16.9 Å². The molecule has 0 amide bonds. The van der Waals surface area contributed by atoms with Crippen molar-refractivity contribution in [2.24, 2.45) is 5.73 Å². The van der Waals surface area contributed by atoms with Gasteiger partial charge in [0.15, 0.2) is 5.75 Å². The number of fused-ring (bicyclic) bond motifs is 3. The van der Waals surface area contributed by atoms with E-state index < -0.39 is 17.5 Å². The van der Waals surface area contributed by atoms with Gasteiger partial charge in [-0.1, -0.05) is 18.2 Å². The highest BCUT2D eigenvalue weighted by Gasteiger charge is 2.39. The minimum absolute atomic E-state index is 0.0330. The molecule has 4 rings (SSSR count). The van der Waals surface area contributed by atoms with Gasteiger partial charge in [-0.2, -0.15) is 0 Å². The van der Waals surface area contributed by atoms with Gasteiger partial charge in [0.2, 0.25) is 5.88 Å². The largest absolute Gasteiger partial charge is 0.462 e. The average molecular weight is 364 g/mol. The summed E-state index contributed by atoms with van der Waals surface area (Å²) in [4.78, 5) is 29.7. The van der Waals surface area contributed by atoms with Gasteiger partial charge < -0.3 is 19.6 Å². The number of carbonyl (C=O) groups excluding carboxylic acids is 1. The lowest BCUT2D eigenvalue weighted by Crippen LogP contribution is -2.31. The summed E-state index contributed by atoms with van der Waals surface area (Å²) in [5.41, 5.74) is 6.51. The first kappa shape index (κ1) is 16.8. The zero-order valence-corrected chi connectivity index (χ0v) is 14.5. The van der Waals surface area contributed by atoms with Crippen LogP contribution in [0.25, 0.3) is 11.0 Å². The maximum absolute atomic E-state index is 12.8. The summed E-state index contributed by atoms with van der Waals surface area (Å²) in [6, 6.07) is 12.2. The zero-order valence-electron chi connectivity index (χ0n) is 14.5. The number of aromatic nitrogens is 1. The fourth-order valence-corrected chi connectivity index (χ4v) is 3.22. The number of nitrogens with zero attached hydrogens (tertiary/aromatic N) is 1. The van der Waals surface area contributed by atoms with E-state index >= 15 is 0 Å². The van der Waals surface area contributed by atoms with E-state index in [-0.39, 0.29) is 29.4 Å². The number of pyridine rings is 1. The molecule has 0 spiro atoms. The maximum Gasteiger partial charge on any atom is 0.344 e. The Hall–Kier alpha value is -3.61. The van der Waals surface area contributed by atoms with Crippen LogP contribution in [0.2, 0.25) is 0 Å². The third-order valence-corrected chi connectivity index (χ3v) is 4.33. The molecule has 1 aliphatic heterocycles. The van der Waals surface area contributed by atoms with Crippen LogP contribution in [0.4, 0.5) is 0 Å². The SMILES string of the molecule is CCOC(=O)C1=C(N)Oc2c(c(=O)oc3ccccc23)[C@@H]1c1ccccn1. The molecule has 1 aliphatic rings. The van der Waals surface area contributed by atoms with Gasteiger partial charge in [0.05, 0.1) is 29.2 Å². The van der Waals surface area contributed by atoms with E-state index in [0.717, 1.165) is 0 Å². The molecule has 1 aromatic carbocycles. The topological polar surface area (TPSA) is 105 Å². The monoisotopic (exact) mass is 364 g/mol. The highest BCUT2D eigenvalue weighted by atomic mass is 16.5. The normalized spacial score (nSPS) is 16.0. The maximum atomic E-state index is 12.8. The number of nitrogens with two attached hydrogens (primary N) is 1. The van der Waals surface area contributed by atoms with Crippen molar-refractivity contribution in [3.8, 4) is 5.75 Å². The van der Waals surface area contributed by atoms with Gasteiger partial charge in [-0.15, -0.1) is 0 Å². The van der Waals surface area contributed by atoms with Gasteiger partial charge in [0, 0.05) is 6.20 Å². The Morgan fingerprint density at radius 3 is 2.74 bits per heavy atom. The Morgan fingerprint density at radius 2 is 2.00 bits per heavy atom. The van der Waals surface area contributed by atoms with E-state index in [1.165, 1.54) is 0 Å². The lowest BCUT2D eigenvalue weighted by Gasteiger charge is -2.27. The minimum Gasteiger partial charge on any atom is -0.462 e. The van der Waals surface area contributed by atoms with Gasteiger partial charge >= 0.3 is 11.6 Å². The molecule has 7 heteroatoms. The molecule has 2 N–H and O–H groups in total. The second-order valence-electron chi connectivity index (χ2n) is 5.92. The minimum atomic E-state index is -0.852. The molecule has 7 nitrogen and oxygen atoms in total. The molecular weight excluding hydrogens is 348 g/mol. The standard InChI is InChI=1S/C20H16N2O5/c1-2-25-19(23)16-14(12-8-5-6-10-22-12)15-17(27-18(16)21)11-7-3-4-9-13(11)26-20(15)24/h3-10,14H,2,21H2,1H3/t14-/m0/s1. The van der Waals surface area contributed by atoms with Crippen LogP contribution < -0.4 is 16.1 Å². The van der Waals surface area contributed by atoms with Crippen LogP contribution in [0.5, 0.6) is 5.75 Å². The van der Waals surface area contributed by atoms with Gasteiger partial charge in [0.25, 0.3) is 0 Å². The van der Waals surface area contributed by atoms with Crippen molar-refractivity contribution in [1.29, 1.82) is 0 Å². The van der Waals surface area contributed by atoms with Gasteiger partial charge in [0.1, 0.15) is 11.2 Å². The molecule has 136 valence electrons. The van der Waals surface area contributed by atoms with Crippen LogP contribution in [0.3, 0.4) is 0 Å². The first-order valence-electron chi connectivity index (χ1n) is 8.43. The molecule has 27 heavy (non-hydrogen) atoms. The third kappa shape index (κ3) is 2.73. The van der Waals surface area contributed by atoms with Gasteiger partial charge in [-0.05, 0) is 31.2 Å². The Bertz CT molecular complexity index is 1120. The summed E-state index contributed by atoms with van der Waals surface area (Å²) in [7, 11) is 0. The molecule has 2 aromatic heterocycles. The van der Waals surface area contributed by atoms with Crippen molar-refractivity contribution in [2.75, 3.05) is 6.61 Å². The highest BCUT2D eigenvalue weighted by molar-refractivity contribution is 5.94. The fourth-order valence-electron chi connectivity index (χ4n) is 3.22. The number of para-hydroxylation sites is 1. The average Bonchev–Trinajstić information content (AvgIpc) is 2.68. The van der Waals surface area contributed by atoms with Crippen LogP contribution in [0.15, 0.2) is 69.3 Å². The molecule has 3 aromatic rings. The highest BCUT2D eigenvalue weighted by Crippen LogP contribution is 2.43. The summed E-state index contributed by atoms with van der Waals surface area (Å²) >= 11 is 0. The lowest BCUT2D eigenvalue weighted by atomic mass is 9.86. The molecule has 0 saturated heterocycles. The number of ether oxygens (including phenoxy) is 2. The third-order valence-electron chi connectivity index (χ3n) is 4.33. The molecule has 0 unspecified atom stereocenters. The lowest BCUT2D eigenvalue weighted by molar-refractivity contribution is -0.139. The van der Waals surface area contributed by atoms with E-state index in [4.69, 9.17) is 19.6 Å². The molecule has 0 fully saturated rings. The number of benzene rings is 1. The Balaban J connectivity index is 2.04. The van der Waals surface area contributed by atoms with E-state index in [9.17, 15) is 9.59 Å². The van der Waals surface area contributed by atoms with Crippen molar-refractivity contribution < 1.29 is 18.7 Å². The molecule has 0 bridgehead atoms. The Labute approximate surface area is 154 Å². The van der Waals surface area contributed by atoms with Crippen molar-refractivity contribution in [2.45, 2.75) is 12.8 Å². The second kappa shape index (κ2) is 6.60. The van der Waals surface area contributed by atoms with Crippen LogP contribution >= 0.6 is 0 Å². The van der Waals surface area contributed by atoms with Crippen LogP contribution in [-0.2, 0) is 9.53 Å². The first-order chi connectivity index (χ1) is 13.1. The van der Waals surface area contributed by atoms with E-state index in [2.05, 4.69) is 4.98 Å². The number of hydrogen-bond acceptors (Lipinski definition) is 7.